The molecule has 1 aliphatic rings. The van der Waals surface area contributed by atoms with Gasteiger partial charge in [0.2, 0.25) is 0 Å². The van der Waals surface area contributed by atoms with Gasteiger partial charge >= 0.3 is 0 Å². The van der Waals surface area contributed by atoms with Crippen LogP contribution in [0.3, 0.4) is 0 Å². The molecule has 0 aromatic carbocycles. The highest BCUT2D eigenvalue weighted by Gasteiger charge is 2.16. The second-order valence-corrected chi connectivity index (χ2v) is 5.26. The summed E-state index contributed by atoms with van der Waals surface area (Å²) in [7, 11) is 2.19. The van der Waals surface area contributed by atoms with Crippen LogP contribution in [0.25, 0.3) is 0 Å². The monoisotopic (exact) mass is 211 g/mol. The Balaban J connectivity index is 2.08. The zero-order valence-corrected chi connectivity index (χ0v) is 10.5. The van der Waals surface area contributed by atoms with Gasteiger partial charge in [0.25, 0.3) is 0 Å². The lowest BCUT2D eigenvalue weighted by Crippen LogP contribution is -2.30. The molecule has 0 spiro atoms. The van der Waals surface area contributed by atoms with Crippen LogP contribution in [-0.2, 0) is 4.79 Å². The van der Waals surface area contributed by atoms with Gasteiger partial charge in [0.05, 0.1) is 0 Å². The third-order valence-corrected chi connectivity index (χ3v) is 3.52. The average Bonchev–Trinajstić information content (AvgIpc) is 2.20. The normalized spacial score (nSPS) is 19.7. The molecule has 1 heterocycles. The summed E-state index contributed by atoms with van der Waals surface area (Å²) in [5.41, 5.74) is 0. The summed E-state index contributed by atoms with van der Waals surface area (Å²) in [6, 6.07) is 0. The van der Waals surface area contributed by atoms with E-state index in [2.05, 4.69) is 11.9 Å². The summed E-state index contributed by atoms with van der Waals surface area (Å²) in [4.78, 5) is 13.8. The van der Waals surface area contributed by atoms with E-state index in [1.165, 1.54) is 32.4 Å². The van der Waals surface area contributed by atoms with Gasteiger partial charge in [-0.1, -0.05) is 13.8 Å². The number of rotatable bonds is 5. The minimum absolute atomic E-state index is 0.225. The number of hydrogen-bond acceptors (Lipinski definition) is 2. The van der Waals surface area contributed by atoms with E-state index in [0.29, 0.717) is 5.78 Å². The number of ketones is 1. The van der Waals surface area contributed by atoms with E-state index < -0.39 is 0 Å². The summed E-state index contributed by atoms with van der Waals surface area (Å²) in [5, 5.41) is 0. The summed E-state index contributed by atoms with van der Waals surface area (Å²) in [5.74, 6) is 1.53. The first-order valence-electron chi connectivity index (χ1n) is 6.31. The van der Waals surface area contributed by atoms with Gasteiger partial charge < -0.3 is 4.90 Å². The molecule has 1 saturated heterocycles. The first-order chi connectivity index (χ1) is 7.09. The molecule has 0 N–H and O–H groups in total. The first kappa shape index (κ1) is 12.7. The molecule has 2 heteroatoms. The van der Waals surface area contributed by atoms with Crippen molar-refractivity contribution in [3.63, 3.8) is 0 Å². The number of likely N-dealkylation sites (tertiary alicyclic amines) is 1. The highest BCUT2D eigenvalue weighted by atomic mass is 16.1. The second-order valence-electron chi connectivity index (χ2n) is 5.26. The summed E-state index contributed by atoms with van der Waals surface area (Å²) in [6.07, 6.45) is 5.81. The van der Waals surface area contributed by atoms with Crippen molar-refractivity contribution in [2.24, 2.45) is 11.8 Å². The van der Waals surface area contributed by atoms with Crippen molar-refractivity contribution in [2.75, 3.05) is 20.1 Å². The maximum Gasteiger partial charge on any atom is 0.135 e. The van der Waals surface area contributed by atoms with Crippen LogP contribution in [0, 0.1) is 11.8 Å². The van der Waals surface area contributed by atoms with E-state index in [0.717, 1.165) is 18.8 Å². The van der Waals surface area contributed by atoms with Gasteiger partial charge in [-0.3, -0.25) is 4.79 Å². The third-order valence-electron chi connectivity index (χ3n) is 3.52. The van der Waals surface area contributed by atoms with Gasteiger partial charge in [-0.25, -0.2) is 0 Å². The molecule has 1 aliphatic heterocycles. The predicted octanol–water partition coefficient (Wildman–Crippen LogP) is 2.72. The fourth-order valence-corrected chi connectivity index (χ4v) is 2.20. The Hall–Kier alpha value is -0.370. The quantitative estimate of drug-likeness (QED) is 0.697. The van der Waals surface area contributed by atoms with Crippen molar-refractivity contribution in [1.29, 1.82) is 0 Å². The van der Waals surface area contributed by atoms with Crippen LogP contribution in [0.15, 0.2) is 0 Å². The van der Waals surface area contributed by atoms with Crippen LogP contribution < -0.4 is 0 Å². The molecule has 88 valence electrons. The number of piperidine rings is 1. The number of carbonyl (C=O) groups is 1. The van der Waals surface area contributed by atoms with Gasteiger partial charge in [-0.2, -0.15) is 0 Å². The Morgan fingerprint density at radius 1 is 1.33 bits per heavy atom. The fraction of sp³-hybridized carbons (Fsp3) is 0.923. The lowest BCUT2D eigenvalue weighted by atomic mass is 9.90. The number of Topliss-reactive ketones (excluding diaryl/α,β-unsaturated/α-hetero) is 1. The molecule has 1 fully saturated rings. The number of carbonyl (C=O) groups excluding carboxylic acids is 1. The predicted molar refractivity (Wildman–Crippen MR) is 63.9 cm³/mol. The Morgan fingerprint density at radius 3 is 2.47 bits per heavy atom. The minimum Gasteiger partial charge on any atom is -0.306 e. The number of nitrogens with zero attached hydrogens (tertiary/aromatic N) is 1. The van der Waals surface area contributed by atoms with E-state index in [-0.39, 0.29) is 5.92 Å². The Labute approximate surface area is 94.0 Å². The second kappa shape index (κ2) is 6.26. The molecule has 0 saturated carbocycles. The number of hydrogen-bond donors (Lipinski definition) is 0. The Morgan fingerprint density at radius 2 is 1.93 bits per heavy atom. The maximum atomic E-state index is 11.4. The van der Waals surface area contributed by atoms with Crippen molar-refractivity contribution in [3.8, 4) is 0 Å². The van der Waals surface area contributed by atoms with Crippen molar-refractivity contribution < 1.29 is 4.79 Å². The van der Waals surface area contributed by atoms with Crippen molar-refractivity contribution in [3.05, 3.63) is 0 Å². The molecule has 0 aromatic rings. The Bertz CT molecular complexity index is 193. The first-order valence-corrected chi connectivity index (χ1v) is 6.31. The van der Waals surface area contributed by atoms with Crippen LogP contribution in [0.5, 0.6) is 0 Å². The Kier molecular flexibility index (Phi) is 5.30. The molecule has 0 atom stereocenters. The molecule has 15 heavy (non-hydrogen) atoms. The standard InChI is InChI=1S/C13H25NO/c1-11(2)13(15)6-4-5-12-7-9-14(3)10-8-12/h11-12H,4-10H2,1-3H3. The summed E-state index contributed by atoms with van der Waals surface area (Å²) >= 11 is 0. The lowest BCUT2D eigenvalue weighted by molar-refractivity contribution is -0.122. The van der Waals surface area contributed by atoms with Gasteiger partial charge in [0.15, 0.2) is 0 Å². The third kappa shape index (κ3) is 4.78. The highest BCUT2D eigenvalue weighted by Crippen LogP contribution is 2.22. The van der Waals surface area contributed by atoms with Crippen LogP contribution in [-0.4, -0.2) is 30.8 Å². The lowest BCUT2D eigenvalue weighted by Gasteiger charge is -2.28. The van der Waals surface area contributed by atoms with Gasteiger partial charge in [-0.15, -0.1) is 0 Å². The van der Waals surface area contributed by atoms with Gasteiger partial charge in [0, 0.05) is 12.3 Å². The zero-order valence-electron chi connectivity index (χ0n) is 10.5. The topological polar surface area (TPSA) is 20.3 Å². The molecule has 0 radical (unpaired) electrons. The van der Waals surface area contributed by atoms with E-state index in [1.807, 2.05) is 13.8 Å². The molecule has 2 nitrogen and oxygen atoms in total. The minimum atomic E-state index is 0.225. The molecule has 0 aliphatic carbocycles. The van der Waals surface area contributed by atoms with E-state index >= 15 is 0 Å². The van der Waals surface area contributed by atoms with Crippen molar-refractivity contribution in [2.45, 2.75) is 46.0 Å². The molecule has 0 amide bonds. The zero-order chi connectivity index (χ0) is 11.3. The smallest absolute Gasteiger partial charge is 0.135 e. The van der Waals surface area contributed by atoms with Crippen LogP contribution in [0.4, 0.5) is 0 Å². The van der Waals surface area contributed by atoms with E-state index in [1.54, 1.807) is 0 Å². The van der Waals surface area contributed by atoms with E-state index in [9.17, 15) is 4.79 Å². The van der Waals surface area contributed by atoms with Gasteiger partial charge in [0.1, 0.15) is 5.78 Å². The highest BCUT2D eigenvalue weighted by molar-refractivity contribution is 5.80. The molecule has 0 bridgehead atoms. The van der Waals surface area contributed by atoms with Crippen LogP contribution in [0.1, 0.15) is 46.0 Å². The van der Waals surface area contributed by atoms with E-state index in [4.69, 9.17) is 0 Å². The molecule has 0 aromatic heterocycles. The molecule has 0 unspecified atom stereocenters. The molecular weight excluding hydrogens is 186 g/mol. The van der Waals surface area contributed by atoms with Crippen molar-refractivity contribution >= 4 is 5.78 Å². The SMILES string of the molecule is CC(C)C(=O)CCCC1CCN(C)CC1. The van der Waals surface area contributed by atoms with Crippen molar-refractivity contribution in [1.82, 2.24) is 4.90 Å². The van der Waals surface area contributed by atoms with Crippen LogP contribution in [0.2, 0.25) is 0 Å². The fourth-order valence-electron chi connectivity index (χ4n) is 2.20. The summed E-state index contributed by atoms with van der Waals surface area (Å²) < 4.78 is 0. The largest absolute Gasteiger partial charge is 0.306 e. The summed E-state index contributed by atoms with van der Waals surface area (Å²) in [6.45, 7) is 6.47. The average molecular weight is 211 g/mol. The van der Waals surface area contributed by atoms with Crippen LogP contribution >= 0.6 is 0 Å². The van der Waals surface area contributed by atoms with Gasteiger partial charge in [-0.05, 0) is 51.7 Å². The molecule has 1 rings (SSSR count). The molecular formula is C13H25NO. The maximum absolute atomic E-state index is 11.4.